The van der Waals surface area contributed by atoms with Crippen molar-refractivity contribution in [3.8, 4) is 5.75 Å². The van der Waals surface area contributed by atoms with Gasteiger partial charge in [0.05, 0.1) is 16.1 Å². The lowest BCUT2D eigenvalue weighted by molar-refractivity contribution is -0.274. The fourth-order valence-electron chi connectivity index (χ4n) is 4.90. The first-order chi connectivity index (χ1) is 16.9. The van der Waals surface area contributed by atoms with Gasteiger partial charge in [0, 0.05) is 55.1 Å². The Hall–Kier alpha value is -2.71. The molecule has 3 aromatic rings. The van der Waals surface area contributed by atoms with Crippen molar-refractivity contribution < 1.29 is 27.5 Å². The smallest absolute Gasteiger partial charge is 0.406 e. The second-order valence-electron chi connectivity index (χ2n) is 9.19. The monoisotopic (exact) mass is 540 g/mol. The van der Waals surface area contributed by atoms with Crippen LogP contribution in [-0.4, -0.2) is 40.6 Å². The molecule has 2 heterocycles. The van der Waals surface area contributed by atoms with Crippen LogP contribution in [0.3, 0.4) is 0 Å². The molecule has 36 heavy (non-hydrogen) atoms. The number of aryl methyl sites for hydroxylation is 2. The van der Waals surface area contributed by atoms with Crippen LogP contribution in [0.25, 0.3) is 10.9 Å². The normalized spacial score (nSPS) is 14.9. The topological polar surface area (TPSA) is 51.5 Å². The minimum absolute atomic E-state index is 0.0260. The number of ether oxygens (including phenoxy) is 1. The quantitative estimate of drug-likeness (QED) is 0.360. The van der Waals surface area contributed by atoms with Gasteiger partial charge in [0.25, 0.3) is 5.91 Å². The van der Waals surface area contributed by atoms with Crippen molar-refractivity contribution >= 4 is 45.8 Å². The van der Waals surface area contributed by atoms with Crippen molar-refractivity contribution in [1.29, 1.82) is 0 Å². The Morgan fingerprint density at radius 2 is 1.81 bits per heavy atom. The van der Waals surface area contributed by atoms with Gasteiger partial charge in [-0.3, -0.25) is 9.59 Å². The number of Topliss-reactive ketones (excluding diaryl/α,β-unsaturated/α-hetero) is 1. The van der Waals surface area contributed by atoms with Crippen molar-refractivity contribution in [1.82, 2.24) is 9.47 Å². The molecule has 0 atom stereocenters. The molecule has 0 aliphatic carbocycles. The largest absolute Gasteiger partial charge is 0.573 e. The zero-order valence-electron chi connectivity index (χ0n) is 20.0. The average molecular weight is 541 g/mol. The summed E-state index contributed by atoms with van der Waals surface area (Å²) >= 11 is 13.2. The van der Waals surface area contributed by atoms with E-state index in [4.69, 9.17) is 23.2 Å². The van der Waals surface area contributed by atoms with Gasteiger partial charge in [0.2, 0.25) is 0 Å². The third kappa shape index (κ3) is 5.34. The van der Waals surface area contributed by atoms with E-state index >= 15 is 0 Å². The van der Waals surface area contributed by atoms with Crippen LogP contribution in [0.1, 0.15) is 46.8 Å². The number of halogens is 5. The maximum absolute atomic E-state index is 13.2. The van der Waals surface area contributed by atoms with Crippen LogP contribution in [0.4, 0.5) is 13.2 Å². The number of benzene rings is 2. The van der Waals surface area contributed by atoms with Crippen molar-refractivity contribution in [2.24, 2.45) is 13.0 Å². The first kappa shape index (κ1) is 26.4. The van der Waals surface area contributed by atoms with E-state index in [0.29, 0.717) is 53.2 Å². The van der Waals surface area contributed by atoms with E-state index < -0.39 is 6.36 Å². The first-order valence-electron chi connectivity index (χ1n) is 11.5. The molecule has 0 spiro atoms. The molecule has 0 N–H and O–H groups in total. The number of rotatable bonds is 5. The molecule has 4 rings (SSSR count). The Kier molecular flexibility index (Phi) is 7.30. The Bertz CT molecular complexity index is 1340. The van der Waals surface area contributed by atoms with Gasteiger partial charge in [-0.1, -0.05) is 23.2 Å². The van der Waals surface area contributed by atoms with E-state index in [1.54, 1.807) is 42.5 Å². The minimum atomic E-state index is -4.79. The van der Waals surface area contributed by atoms with Gasteiger partial charge in [-0.2, -0.15) is 0 Å². The lowest BCUT2D eigenvalue weighted by Crippen LogP contribution is -2.40. The van der Waals surface area contributed by atoms with Crippen molar-refractivity contribution in [3.05, 3.63) is 62.8 Å². The highest BCUT2D eigenvalue weighted by Crippen LogP contribution is 2.36. The van der Waals surface area contributed by atoms with Crippen molar-refractivity contribution in [3.63, 3.8) is 0 Å². The van der Waals surface area contributed by atoms with Crippen molar-refractivity contribution in [2.45, 2.75) is 39.5 Å². The van der Waals surface area contributed by atoms with E-state index in [-0.39, 0.29) is 34.8 Å². The summed E-state index contributed by atoms with van der Waals surface area (Å²) in [7, 11) is 1.73. The molecular formula is C26H25Cl2F3N2O3. The van der Waals surface area contributed by atoms with Crippen LogP contribution in [-0.2, 0) is 18.3 Å². The Balaban J connectivity index is 1.65. The number of carbonyl (C=O) groups excluding carboxylic acids is 2. The number of likely N-dealkylation sites (tertiary alicyclic amines) is 1. The zero-order chi connectivity index (χ0) is 26.4. The van der Waals surface area contributed by atoms with Crippen LogP contribution < -0.4 is 4.74 Å². The van der Waals surface area contributed by atoms with Gasteiger partial charge >= 0.3 is 6.36 Å². The molecule has 10 heteroatoms. The molecule has 0 unspecified atom stereocenters. The van der Waals surface area contributed by atoms with Gasteiger partial charge < -0.3 is 14.2 Å². The maximum atomic E-state index is 13.2. The van der Waals surface area contributed by atoms with Crippen molar-refractivity contribution in [2.75, 3.05) is 13.1 Å². The molecule has 2 aromatic carbocycles. The fraction of sp³-hybridized carbons (Fsp3) is 0.385. The third-order valence-electron chi connectivity index (χ3n) is 6.71. The Labute approximate surface area is 216 Å². The summed E-state index contributed by atoms with van der Waals surface area (Å²) in [5, 5.41) is 1.40. The molecule has 0 saturated carbocycles. The molecule has 1 saturated heterocycles. The minimum Gasteiger partial charge on any atom is -0.406 e. The average Bonchev–Trinajstić information content (AvgIpc) is 3.10. The summed E-state index contributed by atoms with van der Waals surface area (Å²) in [6, 6.07) is 5.91. The lowest BCUT2D eigenvalue weighted by Gasteiger charge is -2.31. The van der Waals surface area contributed by atoms with Crippen LogP contribution >= 0.6 is 23.2 Å². The van der Waals surface area contributed by atoms with E-state index in [0.717, 1.165) is 10.9 Å². The summed E-state index contributed by atoms with van der Waals surface area (Å²) < 4.78 is 44.1. The fourth-order valence-corrected chi connectivity index (χ4v) is 5.49. The van der Waals surface area contributed by atoms with Crippen LogP contribution in [0.15, 0.2) is 30.5 Å². The van der Waals surface area contributed by atoms with Crippen LogP contribution in [0.2, 0.25) is 10.0 Å². The zero-order valence-corrected chi connectivity index (χ0v) is 21.5. The van der Waals surface area contributed by atoms with E-state index in [1.165, 1.54) is 12.1 Å². The maximum Gasteiger partial charge on any atom is 0.573 e. The predicted octanol–water partition coefficient (Wildman–Crippen LogP) is 6.72. The number of nitrogens with zero attached hydrogens (tertiary/aromatic N) is 2. The number of ketones is 1. The standard InChI is InChI=1S/C26H25Cl2F3N2O3/c1-14-10-18(36-26(29,30)31)12-22-23(14)17(13-32(22)3)11-20-21(27)5-4-19(24(20)28)25(35)33-8-6-16(7-9-33)15(2)34/h4-5,10,12-13,16H,6-9,11H2,1-3H3. The molecule has 0 bridgehead atoms. The molecule has 5 nitrogen and oxygen atoms in total. The van der Waals surface area contributed by atoms with Gasteiger partial charge in [0.15, 0.2) is 0 Å². The van der Waals surface area contributed by atoms with Gasteiger partial charge in [-0.05, 0) is 61.6 Å². The molecule has 1 aliphatic heterocycles. The van der Waals surface area contributed by atoms with E-state index in [2.05, 4.69) is 4.74 Å². The second kappa shape index (κ2) is 9.98. The van der Waals surface area contributed by atoms with Gasteiger partial charge in [-0.25, -0.2) is 0 Å². The number of piperidine rings is 1. The highest BCUT2D eigenvalue weighted by molar-refractivity contribution is 6.38. The number of amides is 1. The Morgan fingerprint density at radius 1 is 1.14 bits per heavy atom. The second-order valence-corrected chi connectivity index (χ2v) is 9.97. The number of hydrogen-bond donors (Lipinski definition) is 0. The SMILES string of the molecule is CC(=O)C1CCN(C(=O)c2ccc(Cl)c(Cc3cn(C)c4cc(OC(F)(F)F)cc(C)c34)c2Cl)CC1. The third-order valence-corrected chi connectivity index (χ3v) is 7.50. The van der Waals surface area contributed by atoms with E-state index in [9.17, 15) is 22.8 Å². The molecular weight excluding hydrogens is 516 g/mol. The van der Waals surface area contributed by atoms with Gasteiger partial charge in [-0.15, -0.1) is 13.2 Å². The van der Waals surface area contributed by atoms with Crippen LogP contribution in [0, 0.1) is 12.8 Å². The molecule has 192 valence electrons. The summed E-state index contributed by atoms with van der Waals surface area (Å²) in [6.07, 6.45) is -1.46. The predicted molar refractivity (Wildman–Crippen MR) is 133 cm³/mol. The molecule has 1 amide bonds. The Morgan fingerprint density at radius 3 is 2.42 bits per heavy atom. The summed E-state index contributed by atoms with van der Waals surface area (Å²) in [5.74, 6) is -0.404. The van der Waals surface area contributed by atoms with Gasteiger partial charge in [0.1, 0.15) is 11.5 Å². The molecule has 1 fully saturated rings. The van der Waals surface area contributed by atoms with Crippen LogP contribution in [0.5, 0.6) is 5.75 Å². The summed E-state index contributed by atoms with van der Waals surface area (Å²) in [5.41, 5.74) is 2.87. The number of aromatic nitrogens is 1. The number of carbonyl (C=O) groups is 2. The highest BCUT2D eigenvalue weighted by atomic mass is 35.5. The number of hydrogen-bond acceptors (Lipinski definition) is 3. The molecule has 0 radical (unpaired) electrons. The molecule has 1 aliphatic rings. The summed E-state index contributed by atoms with van der Waals surface area (Å²) in [6.45, 7) is 4.23. The first-order valence-corrected chi connectivity index (χ1v) is 12.2. The number of fused-ring (bicyclic) bond motifs is 1. The number of alkyl halides is 3. The molecule has 1 aromatic heterocycles. The van der Waals surface area contributed by atoms with E-state index in [1.807, 2.05) is 6.20 Å². The lowest BCUT2D eigenvalue weighted by atomic mass is 9.93. The summed E-state index contributed by atoms with van der Waals surface area (Å²) in [4.78, 5) is 26.6. The highest BCUT2D eigenvalue weighted by Gasteiger charge is 2.32.